The van der Waals surface area contributed by atoms with Crippen LogP contribution in [0, 0.1) is 11.6 Å². The van der Waals surface area contributed by atoms with E-state index in [0.29, 0.717) is 11.8 Å². The highest BCUT2D eigenvalue weighted by atomic mass is 35.5. The van der Waals surface area contributed by atoms with E-state index >= 15 is 0 Å². The molecule has 3 aromatic rings. The van der Waals surface area contributed by atoms with Crippen molar-refractivity contribution in [3.05, 3.63) is 82.3 Å². The first-order valence-corrected chi connectivity index (χ1v) is 13.9. The fourth-order valence-corrected chi connectivity index (χ4v) is 4.74. The summed E-state index contributed by atoms with van der Waals surface area (Å²) in [6, 6.07) is 6.43. The lowest BCUT2D eigenvalue weighted by atomic mass is 10.0. The number of sulfonamides is 1. The molecule has 15 heteroatoms. The average Bonchev–Trinajstić information content (AvgIpc) is 3.41. The molecule has 0 aliphatic heterocycles. The Kier molecular flexibility index (Phi) is 10.6. The van der Waals surface area contributed by atoms with Gasteiger partial charge in [0.1, 0.15) is 28.9 Å². The van der Waals surface area contributed by atoms with Gasteiger partial charge in [0.2, 0.25) is 10.0 Å². The Morgan fingerprint density at radius 1 is 1.07 bits per heavy atom. The van der Waals surface area contributed by atoms with Crippen LogP contribution in [-0.4, -0.2) is 51.4 Å². The monoisotopic (exact) mass is 613 g/mol. The number of ketones is 1. The molecule has 0 fully saturated rings. The number of hydrogen-bond donors (Lipinski definition) is 3. The molecule has 0 radical (unpaired) electrons. The topological polar surface area (TPSA) is 167 Å². The maximum atomic E-state index is 13.4. The van der Waals surface area contributed by atoms with E-state index in [1.165, 1.54) is 19.3 Å². The van der Waals surface area contributed by atoms with Crippen LogP contribution in [0.1, 0.15) is 40.3 Å². The zero-order valence-electron chi connectivity index (χ0n) is 21.8. The molecule has 0 amide bonds. The molecule has 11 nitrogen and oxygen atoms in total. The third-order valence-electron chi connectivity index (χ3n) is 5.52. The molecule has 41 heavy (non-hydrogen) atoms. The number of carbonyl (C=O) groups excluding carboxylic acids is 3. The van der Waals surface area contributed by atoms with Crippen LogP contribution < -0.4 is 15.8 Å². The lowest BCUT2D eigenvalue weighted by molar-refractivity contribution is -0.147. The van der Waals surface area contributed by atoms with Crippen molar-refractivity contribution in [3.8, 4) is 0 Å². The molecule has 0 spiro atoms. The van der Waals surface area contributed by atoms with Crippen molar-refractivity contribution < 1.29 is 45.5 Å². The molecule has 2 atom stereocenters. The fraction of sp³-hybridized carbons (Fsp3) is 0.269. The number of primary sulfonamides is 1. The SMILES string of the molecule is C[C@H](COC(=O)COC(=O)c1cc(S(N)(=O)=O)c(Cl)cc1NCc1ccco1)N[C@H](C)C(=O)c1cc(F)cc(F)c1. The summed E-state index contributed by atoms with van der Waals surface area (Å²) in [5.41, 5.74) is -0.342. The summed E-state index contributed by atoms with van der Waals surface area (Å²) in [7, 11) is -4.30. The molecule has 4 N–H and O–H groups in total. The molecular weight excluding hydrogens is 588 g/mol. The fourth-order valence-electron chi connectivity index (χ4n) is 3.64. The van der Waals surface area contributed by atoms with Crippen LogP contribution in [0.5, 0.6) is 0 Å². The minimum atomic E-state index is -4.30. The molecule has 0 aliphatic carbocycles. The molecule has 1 aromatic heterocycles. The largest absolute Gasteiger partial charge is 0.467 e. The number of nitrogens with one attached hydrogen (secondary N) is 2. The van der Waals surface area contributed by atoms with Crippen LogP contribution >= 0.6 is 11.6 Å². The Hall–Kier alpha value is -3.85. The molecule has 2 aromatic carbocycles. The predicted octanol–water partition coefficient (Wildman–Crippen LogP) is 3.42. The van der Waals surface area contributed by atoms with Gasteiger partial charge in [-0.05, 0) is 50.2 Å². The summed E-state index contributed by atoms with van der Waals surface area (Å²) in [6.07, 6.45) is 1.44. The van der Waals surface area contributed by atoms with E-state index in [1.807, 2.05) is 0 Å². The number of furan rings is 1. The standard InChI is InChI=1S/C26H26ClF2N3O8S/c1-14(32-15(2)25(34)16-6-17(28)8-18(29)7-16)12-39-24(33)13-40-26(35)20-9-23(41(30,36)37)21(27)10-22(20)31-11-19-4-3-5-38-19/h3-10,14-15,31-32H,11-13H2,1-2H3,(H2,30,36,37)/t14-,15-/m1/s1. The molecule has 1 heterocycles. The van der Waals surface area contributed by atoms with Crippen molar-refractivity contribution in [2.75, 3.05) is 18.5 Å². The first-order valence-electron chi connectivity index (χ1n) is 12.0. The first-order chi connectivity index (χ1) is 19.2. The quantitative estimate of drug-likeness (QED) is 0.192. The molecular formula is C26H26ClF2N3O8S. The zero-order chi connectivity index (χ0) is 30.3. The van der Waals surface area contributed by atoms with Crippen LogP contribution in [0.2, 0.25) is 5.02 Å². The van der Waals surface area contributed by atoms with Gasteiger partial charge >= 0.3 is 11.9 Å². The molecule has 220 valence electrons. The number of Topliss-reactive ketones (excluding diaryl/α,β-unsaturated/α-hetero) is 1. The summed E-state index contributed by atoms with van der Waals surface area (Å²) in [5, 5.41) is 10.7. The molecule has 0 unspecified atom stereocenters. The van der Waals surface area contributed by atoms with Gasteiger partial charge in [0.15, 0.2) is 12.4 Å². The molecule has 0 bridgehead atoms. The zero-order valence-corrected chi connectivity index (χ0v) is 23.4. The van der Waals surface area contributed by atoms with E-state index in [9.17, 15) is 31.6 Å². The smallest absolute Gasteiger partial charge is 0.344 e. The van der Waals surface area contributed by atoms with Gasteiger partial charge in [-0.1, -0.05) is 11.6 Å². The number of ether oxygens (including phenoxy) is 2. The Morgan fingerprint density at radius 2 is 1.76 bits per heavy atom. The van der Waals surface area contributed by atoms with E-state index in [2.05, 4.69) is 10.6 Å². The van der Waals surface area contributed by atoms with Gasteiger partial charge in [-0.2, -0.15) is 0 Å². The van der Waals surface area contributed by atoms with Crippen LogP contribution in [0.3, 0.4) is 0 Å². The van der Waals surface area contributed by atoms with Gasteiger partial charge in [-0.3, -0.25) is 4.79 Å². The number of rotatable bonds is 13. The summed E-state index contributed by atoms with van der Waals surface area (Å²) < 4.78 is 65.9. The lowest BCUT2D eigenvalue weighted by Gasteiger charge is -2.19. The minimum Gasteiger partial charge on any atom is -0.467 e. The number of esters is 2. The number of halogens is 3. The van der Waals surface area contributed by atoms with E-state index in [4.69, 9.17) is 30.6 Å². The third kappa shape index (κ3) is 9.08. The number of carbonyl (C=O) groups is 3. The van der Waals surface area contributed by atoms with E-state index in [-0.39, 0.29) is 35.0 Å². The van der Waals surface area contributed by atoms with E-state index < -0.39 is 63.0 Å². The molecule has 0 aliphatic rings. The van der Waals surface area contributed by atoms with Crippen LogP contribution in [0.4, 0.5) is 14.5 Å². The summed E-state index contributed by atoms with van der Waals surface area (Å²) in [6.45, 7) is 2.12. The highest BCUT2D eigenvalue weighted by Crippen LogP contribution is 2.29. The van der Waals surface area contributed by atoms with Gasteiger partial charge in [0, 0.05) is 17.7 Å². The second-order valence-corrected chi connectivity index (χ2v) is 10.8. The molecule has 0 saturated carbocycles. The lowest BCUT2D eigenvalue weighted by Crippen LogP contribution is -2.42. The number of nitrogens with two attached hydrogens (primary N) is 1. The summed E-state index contributed by atoms with van der Waals surface area (Å²) in [5.74, 6) is -3.87. The normalized spacial score (nSPS) is 12.8. The van der Waals surface area contributed by atoms with Crippen molar-refractivity contribution >= 4 is 45.0 Å². The Labute approximate surface area is 239 Å². The number of anilines is 1. The third-order valence-corrected chi connectivity index (χ3v) is 6.90. The van der Waals surface area contributed by atoms with Gasteiger partial charge in [-0.25, -0.2) is 31.9 Å². The molecule has 3 rings (SSSR count). The summed E-state index contributed by atoms with van der Waals surface area (Å²) in [4.78, 5) is 36.9. The first kappa shape index (κ1) is 31.7. The maximum Gasteiger partial charge on any atom is 0.344 e. The predicted molar refractivity (Wildman–Crippen MR) is 143 cm³/mol. The van der Waals surface area contributed by atoms with Crippen molar-refractivity contribution in [2.45, 2.75) is 37.4 Å². The summed E-state index contributed by atoms with van der Waals surface area (Å²) >= 11 is 6.04. The van der Waals surface area contributed by atoms with E-state index in [1.54, 1.807) is 19.1 Å². The van der Waals surface area contributed by atoms with Crippen LogP contribution in [-0.2, 0) is 30.8 Å². The Morgan fingerprint density at radius 3 is 2.37 bits per heavy atom. The van der Waals surface area contributed by atoms with E-state index in [0.717, 1.165) is 18.2 Å². The highest BCUT2D eigenvalue weighted by molar-refractivity contribution is 7.89. The Bertz CT molecular complexity index is 1510. The van der Waals surface area contributed by atoms with Gasteiger partial charge in [-0.15, -0.1) is 0 Å². The highest BCUT2D eigenvalue weighted by Gasteiger charge is 2.23. The van der Waals surface area contributed by atoms with Crippen LogP contribution in [0.15, 0.2) is 58.0 Å². The van der Waals surface area contributed by atoms with Gasteiger partial charge in [0.05, 0.1) is 35.1 Å². The van der Waals surface area contributed by atoms with Crippen molar-refractivity contribution in [2.24, 2.45) is 5.14 Å². The van der Waals surface area contributed by atoms with Crippen LogP contribution in [0.25, 0.3) is 0 Å². The number of hydrogen-bond acceptors (Lipinski definition) is 10. The Balaban J connectivity index is 1.58. The van der Waals surface area contributed by atoms with Crippen molar-refractivity contribution in [3.63, 3.8) is 0 Å². The second-order valence-electron chi connectivity index (χ2n) is 8.88. The van der Waals surface area contributed by atoms with Crippen molar-refractivity contribution in [1.29, 1.82) is 0 Å². The average molecular weight is 614 g/mol. The second kappa shape index (κ2) is 13.7. The van der Waals surface area contributed by atoms with Gasteiger partial charge < -0.3 is 24.5 Å². The maximum absolute atomic E-state index is 13.4. The number of benzene rings is 2. The minimum absolute atomic E-state index is 0.0897. The van der Waals surface area contributed by atoms with Gasteiger partial charge in [0.25, 0.3) is 0 Å². The molecule has 0 saturated heterocycles. The van der Waals surface area contributed by atoms with Crippen molar-refractivity contribution in [1.82, 2.24) is 5.32 Å².